The first kappa shape index (κ1) is 17.9. The van der Waals surface area contributed by atoms with Gasteiger partial charge < -0.3 is 9.64 Å². The third-order valence-corrected chi connectivity index (χ3v) is 5.15. The molecule has 2 atom stereocenters. The maximum atomic E-state index is 12.5. The molecule has 0 bridgehead atoms. The molecule has 7 heteroatoms. The number of aromatic nitrogens is 3. The first-order valence-corrected chi connectivity index (χ1v) is 9.46. The van der Waals surface area contributed by atoms with Crippen molar-refractivity contribution >= 4 is 17.7 Å². The second-order valence-corrected chi connectivity index (χ2v) is 7.56. The summed E-state index contributed by atoms with van der Waals surface area (Å²) in [5.74, 6) is 0.463. The third-order valence-electron chi connectivity index (χ3n) is 4.23. The molecule has 1 aliphatic rings. The second-order valence-electron chi connectivity index (χ2n) is 6.62. The fourth-order valence-electron chi connectivity index (χ4n) is 3.16. The first-order chi connectivity index (χ1) is 11.9. The van der Waals surface area contributed by atoms with Gasteiger partial charge in [0.2, 0.25) is 5.91 Å². The van der Waals surface area contributed by atoms with Crippen LogP contribution in [0.4, 0.5) is 0 Å². The SMILES string of the molecule is Cc1ccc(-n2cnnc2SCC(=O)N2CC(C)OC(C)C2)c(C)c1. The number of morpholine rings is 1. The van der Waals surface area contributed by atoms with Crippen molar-refractivity contribution in [3.8, 4) is 5.69 Å². The summed E-state index contributed by atoms with van der Waals surface area (Å²) >= 11 is 1.42. The molecule has 134 valence electrons. The van der Waals surface area contributed by atoms with E-state index < -0.39 is 0 Å². The van der Waals surface area contributed by atoms with Crippen LogP contribution < -0.4 is 0 Å². The standard InChI is InChI=1S/C18H24N4O2S/c1-12-5-6-16(13(2)7-12)22-11-19-20-18(22)25-10-17(23)21-8-14(3)24-15(4)9-21/h5-7,11,14-15H,8-10H2,1-4H3. The van der Waals surface area contributed by atoms with E-state index >= 15 is 0 Å². The van der Waals surface area contributed by atoms with Crippen molar-refractivity contribution < 1.29 is 9.53 Å². The van der Waals surface area contributed by atoms with Crippen LogP contribution in [0.5, 0.6) is 0 Å². The molecule has 0 spiro atoms. The Hall–Kier alpha value is -1.86. The molecule has 0 N–H and O–H groups in total. The van der Waals surface area contributed by atoms with E-state index in [9.17, 15) is 4.79 Å². The average Bonchev–Trinajstić information content (AvgIpc) is 3.00. The van der Waals surface area contributed by atoms with Gasteiger partial charge in [-0.15, -0.1) is 10.2 Å². The van der Waals surface area contributed by atoms with E-state index in [0.717, 1.165) is 16.4 Å². The highest BCUT2D eigenvalue weighted by molar-refractivity contribution is 7.99. The Labute approximate surface area is 152 Å². The molecule has 1 aromatic carbocycles. The lowest BCUT2D eigenvalue weighted by molar-refractivity contribution is -0.140. The molecule has 0 saturated carbocycles. The smallest absolute Gasteiger partial charge is 0.233 e. The van der Waals surface area contributed by atoms with Crippen molar-refractivity contribution in [2.75, 3.05) is 18.8 Å². The normalized spacial score (nSPS) is 20.7. The molecule has 2 aromatic rings. The summed E-state index contributed by atoms with van der Waals surface area (Å²) in [6.07, 6.45) is 1.86. The number of ether oxygens (including phenoxy) is 1. The predicted octanol–water partition coefficient (Wildman–Crippen LogP) is 2.61. The van der Waals surface area contributed by atoms with Crippen molar-refractivity contribution in [2.45, 2.75) is 45.1 Å². The number of nitrogens with zero attached hydrogens (tertiary/aromatic N) is 4. The van der Waals surface area contributed by atoms with Crippen LogP contribution in [-0.2, 0) is 9.53 Å². The van der Waals surface area contributed by atoms with Crippen LogP contribution in [0.1, 0.15) is 25.0 Å². The lowest BCUT2D eigenvalue weighted by Gasteiger charge is -2.35. The van der Waals surface area contributed by atoms with Crippen LogP contribution >= 0.6 is 11.8 Å². The Morgan fingerprint density at radius 2 is 2.00 bits per heavy atom. The number of hydrogen-bond donors (Lipinski definition) is 0. The Balaban J connectivity index is 1.68. The van der Waals surface area contributed by atoms with Gasteiger partial charge in [0.1, 0.15) is 6.33 Å². The van der Waals surface area contributed by atoms with Crippen LogP contribution in [-0.4, -0.2) is 56.6 Å². The summed E-state index contributed by atoms with van der Waals surface area (Å²) in [6.45, 7) is 9.43. The average molecular weight is 360 g/mol. The summed E-state index contributed by atoms with van der Waals surface area (Å²) in [7, 11) is 0. The second kappa shape index (κ2) is 7.58. The van der Waals surface area contributed by atoms with E-state index in [1.165, 1.54) is 17.3 Å². The highest BCUT2D eigenvalue weighted by Crippen LogP contribution is 2.23. The highest BCUT2D eigenvalue weighted by Gasteiger charge is 2.26. The number of carbonyl (C=O) groups excluding carboxylic acids is 1. The number of amides is 1. The lowest BCUT2D eigenvalue weighted by atomic mass is 10.1. The molecule has 1 fully saturated rings. The Morgan fingerprint density at radius 3 is 2.68 bits per heavy atom. The van der Waals surface area contributed by atoms with E-state index in [2.05, 4.69) is 42.2 Å². The first-order valence-electron chi connectivity index (χ1n) is 8.47. The molecule has 0 radical (unpaired) electrons. The molecule has 25 heavy (non-hydrogen) atoms. The Kier molecular flexibility index (Phi) is 5.44. The topological polar surface area (TPSA) is 60.2 Å². The fraction of sp³-hybridized carbons (Fsp3) is 0.500. The zero-order valence-electron chi connectivity index (χ0n) is 15.1. The van der Waals surface area contributed by atoms with E-state index in [1.54, 1.807) is 6.33 Å². The van der Waals surface area contributed by atoms with Crippen molar-refractivity contribution in [1.29, 1.82) is 0 Å². The molecule has 1 saturated heterocycles. The maximum absolute atomic E-state index is 12.5. The van der Waals surface area contributed by atoms with Crippen LogP contribution in [0.25, 0.3) is 5.69 Å². The maximum Gasteiger partial charge on any atom is 0.233 e. The highest BCUT2D eigenvalue weighted by atomic mass is 32.2. The van der Waals surface area contributed by atoms with Crippen molar-refractivity contribution in [3.05, 3.63) is 35.7 Å². The van der Waals surface area contributed by atoms with Gasteiger partial charge in [-0.25, -0.2) is 0 Å². The molecule has 1 aliphatic heterocycles. The summed E-state index contributed by atoms with van der Waals surface area (Å²) in [5.41, 5.74) is 3.41. The van der Waals surface area contributed by atoms with Gasteiger partial charge in [-0.1, -0.05) is 29.5 Å². The Morgan fingerprint density at radius 1 is 1.28 bits per heavy atom. The van der Waals surface area contributed by atoms with Gasteiger partial charge in [0.05, 0.1) is 23.6 Å². The largest absolute Gasteiger partial charge is 0.372 e. The monoisotopic (exact) mass is 360 g/mol. The van der Waals surface area contributed by atoms with Gasteiger partial charge in [-0.05, 0) is 39.3 Å². The number of thioether (sulfide) groups is 1. The summed E-state index contributed by atoms with van der Waals surface area (Å²) in [6, 6.07) is 6.26. The molecular weight excluding hydrogens is 336 g/mol. The number of rotatable bonds is 4. The lowest BCUT2D eigenvalue weighted by Crippen LogP contribution is -2.48. The third kappa shape index (κ3) is 4.22. The number of aryl methyl sites for hydroxylation is 2. The quantitative estimate of drug-likeness (QED) is 0.785. The fourth-order valence-corrected chi connectivity index (χ4v) is 3.99. The number of carbonyl (C=O) groups is 1. The van der Waals surface area contributed by atoms with E-state index in [4.69, 9.17) is 4.74 Å². The van der Waals surface area contributed by atoms with Crippen molar-refractivity contribution in [3.63, 3.8) is 0 Å². The van der Waals surface area contributed by atoms with Crippen LogP contribution in [0.15, 0.2) is 29.7 Å². The molecule has 1 aromatic heterocycles. The molecule has 2 unspecified atom stereocenters. The molecule has 3 rings (SSSR count). The van der Waals surface area contributed by atoms with Gasteiger partial charge >= 0.3 is 0 Å². The van der Waals surface area contributed by atoms with Gasteiger partial charge in [0.15, 0.2) is 5.16 Å². The van der Waals surface area contributed by atoms with E-state index in [0.29, 0.717) is 18.8 Å². The number of benzene rings is 1. The van der Waals surface area contributed by atoms with Gasteiger partial charge in [-0.2, -0.15) is 0 Å². The van der Waals surface area contributed by atoms with Crippen LogP contribution in [0.3, 0.4) is 0 Å². The minimum atomic E-state index is 0.0801. The zero-order chi connectivity index (χ0) is 18.0. The summed E-state index contributed by atoms with van der Waals surface area (Å²) in [5, 5.41) is 8.94. The van der Waals surface area contributed by atoms with Crippen molar-refractivity contribution in [1.82, 2.24) is 19.7 Å². The van der Waals surface area contributed by atoms with Gasteiger partial charge in [-0.3, -0.25) is 9.36 Å². The van der Waals surface area contributed by atoms with Crippen LogP contribution in [0, 0.1) is 13.8 Å². The predicted molar refractivity (Wildman–Crippen MR) is 98.1 cm³/mol. The Bertz CT molecular complexity index is 751. The number of hydrogen-bond acceptors (Lipinski definition) is 5. The minimum Gasteiger partial charge on any atom is -0.372 e. The van der Waals surface area contributed by atoms with E-state index in [-0.39, 0.29) is 18.1 Å². The summed E-state index contributed by atoms with van der Waals surface area (Å²) in [4.78, 5) is 14.4. The molecule has 6 nitrogen and oxygen atoms in total. The zero-order valence-corrected chi connectivity index (χ0v) is 15.9. The molecule has 1 amide bonds. The van der Waals surface area contributed by atoms with Gasteiger partial charge in [0, 0.05) is 13.1 Å². The minimum absolute atomic E-state index is 0.0801. The molecular formula is C18H24N4O2S. The van der Waals surface area contributed by atoms with E-state index in [1.807, 2.05) is 23.3 Å². The van der Waals surface area contributed by atoms with Gasteiger partial charge in [0.25, 0.3) is 0 Å². The van der Waals surface area contributed by atoms with Crippen molar-refractivity contribution in [2.24, 2.45) is 0 Å². The van der Waals surface area contributed by atoms with Crippen LogP contribution in [0.2, 0.25) is 0 Å². The summed E-state index contributed by atoms with van der Waals surface area (Å²) < 4.78 is 7.63. The molecule has 2 heterocycles. The molecule has 0 aliphatic carbocycles.